The number of hydrogen-bond donors (Lipinski definition) is 2. The van der Waals surface area contributed by atoms with Crippen LogP contribution >= 0.6 is 12.2 Å². The molecule has 1 aliphatic rings. The van der Waals surface area contributed by atoms with Crippen molar-refractivity contribution in [3.05, 3.63) is 41.5 Å². The molecule has 6 nitrogen and oxygen atoms in total. The van der Waals surface area contributed by atoms with Gasteiger partial charge in [-0.25, -0.2) is 0 Å². The van der Waals surface area contributed by atoms with E-state index in [4.69, 9.17) is 17.0 Å². The summed E-state index contributed by atoms with van der Waals surface area (Å²) >= 11 is 5.40. The summed E-state index contributed by atoms with van der Waals surface area (Å²) in [6, 6.07) is 10.2. The molecule has 0 radical (unpaired) electrons. The van der Waals surface area contributed by atoms with Crippen LogP contribution in [-0.4, -0.2) is 35.3 Å². The van der Waals surface area contributed by atoms with Gasteiger partial charge < -0.3 is 20.3 Å². The van der Waals surface area contributed by atoms with E-state index in [1.165, 1.54) is 24.0 Å². The van der Waals surface area contributed by atoms with Crippen LogP contribution in [0.1, 0.15) is 30.9 Å². The summed E-state index contributed by atoms with van der Waals surface area (Å²) in [4.78, 5) is 11.3. The third-order valence-electron chi connectivity index (χ3n) is 4.68. The van der Waals surface area contributed by atoms with Crippen molar-refractivity contribution in [1.82, 2.24) is 15.3 Å². The SMILES string of the molecule is COc1cc(N2CCCC(C)C2)nc(NC(=S)NCc2ccc(C)cc2)n1. The Morgan fingerprint density at radius 2 is 2.07 bits per heavy atom. The van der Waals surface area contributed by atoms with Crippen LogP contribution in [0.5, 0.6) is 5.88 Å². The molecule has 1 aliphatic heterocycles. The lowest BCUT2D eigenvalue weighted by Gasteiger charge is -2.32. The maximum atomic E-state index is 5.40. The van der Waals surface area contributed by atoms with Crippen molar-refractivity contribution in [2.75, 3.05) is 30.4 Å². The quantitative estimate of drug-likeness (QED) is 0.764. The molecule has 1 saturated heterocycles. The molecule has 0 amide bonds. The van der Waals surface area contributed by atoms with Crippen molar-refractivity contribution in [2.45, 2.75) is 33.2 Å². The number of piperidine rings is 1. The Kier molecular flexibility index (Phi) is 6.45. The average molecular weight is 386 g/mol. The first kappa shape index (κ1) is 19.4. The molecule has 7 heteroatoms. The lowest BCUT2D eigenvalue weighted by atomic mass is 10.0. The molecule has 1 atom stereocenters. The first-order valence-corrected chi connectivity index (χ1v) is 9.72. The van der Waals surface area contributed by atoms with Gasteiger partial charge in [-0.05, 0) is 43.5 Å². The van der Waals surface area contributed by atoms with E-state index in [0.717, 1.165) is 18.9 Å². The average Bonchev–Trinajstić information content (AvgIpc) is 2.67. The number of rotatable bonds is 5. The van der Waals surface area contributed by atoms with Crippen molar-refractivity contribution >= 4 is 29.1 Å². The largest absolute Gasteiger partial charge is 0.481 e. The standard InChI is InChI=1S/C20H27N5OS/c1-14-6-8-16(9-7-14)12-21-20(27)24-19-22-17(11-18(23-19)26-3)25-10-4-5-15(2)13-25/h6-9,11,15H,4-5,10,12-13H2,1-3H3,(H2,21,22,23,24,27). The van der Waals surface area contributed by atoms with Gasteiger partial charge in [0.15, 0.2) is 5.11 Å². The van der Waals surface area contributed by atoms with Gasteiger partial charge in [-0.3, -0.25) is 0 Å². The molecule has 1 aromatic carbocycles. The number of hydrogen-bond acceptors (Lipinski definition) is 5. The van der Waals surface area contributed by atoms with E-state index in [1.54, 1.807) is 7.11 Å². The van der Waals surface area contributed by atoms with Gasteiger partial charge in [0.05, 0.1) is 7.11 Å². The van der Waals surface area contributed by atoms with Crippen LogP contribution in [0.3, 0.4) is 0 Å². The topological polar surface area (TPSA) is 62.3 Å². The molecule has 0 spiro atoms. The molecular weight excluding hydrogens is 358 g/mol. The van der Waals surface area contributed by atoms with Gasteiger partial charge >= 0.3 is 0 Å². The van der Waals surface area contributed by atoms with E-state index in [0.29, 0.717) is 29.4 Å². The molecule has 2 heterocycles. The highest BCUT2D eigenvalue weighted by Crippen LogP contribution is 2.25. The van der Waals surface area contributed by atoms with E-state index < -0.39 is 0 Å². The Morgan fingerprint density at radius 1 is 1.30 bits per heavy atom. The molecule has 0 bridgehead atoms. The van der Waals surface area contributed by atoms with Gasteiger partial charge in [0, 0.05) is 25.7 Å². The Bertz CT molecular complexity index is 780. The van der Waals surface area contributed by atoms with Crippen LogP contribution in [0.4, 0.5) is 11.8 Å². The normalized spacial score (nSPS) is 16.7. The zero-order valence-electron chi connectivity index (χ0n) is 16.2. The number of methoxy groups -OCH3 is 1. The smallest absolute Gasteiger partial charge is 0.234 e. The number of nitrogens with zero attached hydrogens (tertiary/aromatic N) is 3. The van der Waals surface area contributed by atoms with E-state index in [9.17, 15) is 0 Å². The maximum absolute atomic E-state index is 5.40. The lowest BCUT2D eigenvalue weighted by molar-refractivity contribution is 0.396. The summed E-state index contributed by atoms with van der Waals surface area (Å²) in [5, 5.41) is 6.76. The van der Waals surface area contributed by atoms with Gasteiger partial charge in [-0.15, -0.1) is 0 Å². The van der Waals surface area contributed by atoms with Crippen molar-refractivity contribution in [3.63, 3.8) is 0 Å². The minimum Gasteiger partial charge on any atom is -0.481 e. The number of benzene rings is 1. The Labute approximate surface area is 166 Å². The fourth-order valence-electron chi connectivity index (χ4n) is 3.17. The summed E-state index contributed by atoms with van der Waals surface area (Å²) in [6.07, 6.45) is 2.43. The monoisotopic (exact) mass is 385 g/mol. The van der Waals surface area contributed by atoms with Crippen LogP contribution in [0.2, 0.25) is 0 Å². The first-order valence-electron chi connectivity index (χ1n) is 9.32. The zero-order chi connectivity index (χ0) is 19.2. The second-order valence-corrected chi connectivity index (χ2v) is 7.49. The van der Waals surface area contributed by atoms with Gasteiger partial charge in [-0.2, -0.15) is 9.97 Å². The minimum absolute atomic E-state index is 0.448. The van der Waals surface area contributed by atoms with Crippen molar-refractivity contribution in [2.24, 2.45) is 5.92 Å². The predicted octanol–water partition coefficient (Wildman–Crippen LogP) is 3.52. The molecule has 1 aromatic heterocycles. The lowest BCUT2D eigenvalue weighted by Crippen LogP contribution is -2.35. The molecule has 144 valence electrons. The van der Waals surface area contributed by atoms with Crippen LogP contribution in [0.15, 0.2) is 30.3 Å². The van der Waals surface area contributed by atoms with Crippen molar-refractivity contribution < 1.29 is 4.74 Å². The molecule has 1 unspecified atom stereocenters. The predicted molar refractivity (Wildman–Crippen MR) is 113 cm³/mol. The van der Waals surface area contributed by atoms with Crippen molar-refractivity contribution in [1.29, 1.82) is 0 Å². The molecule has 27 heavy (non-hydrogen) atoms. The second-order valence-electron chi connectivity index (χ2n) is 7.08. The summed E-state index contributed by atoms with van der Waals surface area (Å²) in [6.45, 7) is 6.99. The molecule has 1 fully saturated rings. The third kappa shape index (κ3) is 5.53. The zero-order valence-corrected chi connectivity index (χ0v) is 17.0. The maximum Gasteiger partial charge on any atom is 0.234 e. The van der Waals surface area contributed by atoms with Crippen molar-refractivity contribution in [3.8, 4) is 5.88 Å². The van der Waals surface area contributed by atoms with Gasteiger partial charge in [0.25, 0.3) is 0 Å². The minimum atomic E-state index is 0.448. The fourth-order valence-corrected chi connectivity index (χ4v) is 3.33. The number of anilines is 2. The van der Waals surface area contributed by atoms with Crippen LogP contribution < -0.4 is 20.3 Å². The van der Waals surface area contributed by atoms with Gasteiger partial charge in [0.2, 0.25) is 11.8 Å². The number of aryl methyl sites for hydroxylation is 1. The molecule has 3 rings (SSSR count). The Hall–Kier alpha value is -2.41. The highest BCUT2D eigenvalue weighted by atomic mass is 32.1. The number of aromatic nitrogens is 2. The van der Waals surface area contributed by atoms with E-state index in [2.05, 4.69) is 63.6 Å². The highest BCUT2D eigenvalue weighted by Gasteiger charge is 2.19. The Balaban J connectivity index is 1.65. The molecular formula is C20H27N5OS. The number of ether oxygens (including phenoxy) is 1. The van der Waals surface area contributed by atoms with Crippen LogP contribution in [0, 0.1) is 12.8 Å². The first-order chi connectivity index (χ1) is 13.0. The second kappa shape index (κ2) is 8.99. The third-order valence-corrected chi connectivity index (χ3v) is 4.92. The number of nitrogens with one attached hydrogen (secondary N) is 2. The highest BCUT2D eigenvalue weighted by molar-refractivity contribution is 7.80. The Morgan fingerprint density at radius 3 is 2.78 bits per heavy atom. The summed E-state index contributed by atoms with van der Waals surface area (Å²) in [5.74, 6) is 2.51. The van der Waals surface area contributed by atoms with Gasteiger partial charge in [0.1, 0.15) is 5.82 Å². The molecule has 0 saturated carbocycles. The summed E-state index contributed by atoms with van der Waals surface area (Å²) < 4.78 is 5.35. The van der Waals surface area contributed by atoms with E-state index in [-0.39, 0.29) is 0 Å². The van der Waals surface area contributed by atoms with Gasteiger partial charge in [-0.1, -0.05) is 36.8 Å². The summed E-state index contributed by atoms with van der Waals surface area (Å²) in [7, 11) is 1.61. The van der Waals surface area contributed by atoms with E-state index in [1.807, 2.05) is 6.07 Å². The molecule has 0 aliphatic carbocycles. The van der Waals surface area contributed by atoms with Crippen LogP contribution in [-0.2, 0) is 6.54 Å². The number of thiocarbonyl (C=S) groups is 1. The van der Waals surface area contributed by atoms with Crippen LogP contribution in [0.25, 0.3) is 0 Å². The fraction of sp³-hybridized carbons (Fsp3) is 0.450. The summed E-state index contributed by atoms with van der Waals surface area (Å²) in [5.41, 5.74) is 2.41. The van der Waals surface area contributed by atoms with E-state index >= 15 is 0 Å². The molecule has 2 aromatic rings. The molecule has 2 N–H and O–H groups in total.